The van der Waals surface area contributed by atoms with Crippen molar-refractivity contribution in [2.75, 3.05) is 6.54 Å². The molecule has 106 valence electrons. The van der Waals surface area contributed by atoms with E-state index in [2.05, 4.69) is 0 Å². The molecule has 3 rings (SSSR count). The second-order valence-electron chi connectivity index (χ2n) is 5.96. The van der Waals surface area contributed by atoms with E-state index in [-0.39, 0.29) is 5.91 Å². The minimum atomic E-state index is -0.952. The van der Waals surface area contributed by atoms with Crippen molar-refractivity contribution in [1.82, 2.24) is 4.90 Å². The number of aliphatic carboxylic acids is 1. The molecular formula is C14H21NO4. The lowest BCUT2D eigenvalue weighted by atomic mass is 9.78. The van der Waals surface area contributed by atoms with Crippen LogP contribution in [0.3, 0.4) is 0 Å². The molecule has 2 heterocycles. The summed E-state index contributed by atoms with van der Waals surface area (Å²) in [5.41, 5.74) is 0. The van der Waals surface area contributed by atoms with E-state index in [1.165, 1.54) is 19.3 Å². The van der Waals surface area contributed by atoms with E-state index in [0.29, 0.717) is 24.8 Å². The molecule has 3 atom stereocenters. The zero-order valence-electron chi connectivity index (χ0n) is 11.1. The Labute approximate surface area is 112 Å². The first-order valence-corrected chi connectivity index (χ1v) is 7.35. The Morgan fingerprint density at radius 3 is 2.32 bits per heavy atom. The van der Waals surface area contributed by atoms with Crippen LogP contribution < -0.4 is 0 Å². The van der Waals surface area contributed by atoms with Crippen LogP contribution in [0.25, 0.3) is 0 Å². The summed E-state index contributed by atoms with van der Waals surface area (Å²) >= 11 is 0. The average Bonchev–Trinajstić information content (AvgIpc) is 2.94. The maximum Gasteiger partial charge on any atom is 0.332 e. The summed E-state index contributed by atoms with van der Waals surface area (Å²) in [7, 11) is 0. The van der Waals surface area contributed by atoms with Crippen LogP contribution in [0.5, 0.6) is 0 Å². The Morgan fingerprint density at radius 2 is 1.74 bits per heavy atom. The van der Waals surface area contributed by atoms with E-state index in [1.54, 1.807) is 0 Å². The highest BCUT2D eigenvalue weighted by Crippen LogP contribution is 2.38. The van der Waals surface area contributed by atoms with Gasteiger partial charge in [-0.15, -0.1) is 0 Å². The first kappa shape index (κ1) is 12.9. The number of carbonyl (C=O) groups is 2. The molecule has 0 bridgehead atoms. The van der Waals surface area contributed by atoms with E-state index in [0.717, 1.165) is 19.4 Å². The lowest BCUT2D eigenvalue weighted by Crippen LogP contribution is -2.46. The third kappa shape index (κ3) is 2.36. The maximum absolute atomic E-state index is 12.5. The number of likely N-dealkylation sites (tertiary alicyclic amines) is 1. The van der Waals surface area contributed by atoms with Crippen LogP contribution in [0.2, 0.25) is 0 Å². The predicted molar refractivity (Wildman–Crippen MR) is 67.6 cm³/mol. The number of carboxylic acids is 1. The number of amides is 1. The fourth-order valence-electron chi connectivity index (χ4n) is 3.57. The van der Waals surface area contributed by atoms with Crippen molar-refractivity contribution < 1.29 is 19.4 Å². The average molecular weight is 267 g/mol. The largest absolute Gasteiger partial charge is 0.479 e. The van der Waals surface area contributed by atoms with Gasteiger partial charge in [-0.05, 0) is 44.4 Å². The van der Waals surface area contributed by atoms with Gasteiger partial charge >= 0.3 is 5.97 Å². The molecule has 1 N–H and O–H groups in total. The van der Waals surface area contributed by atoms with Crippen LogP contribution in [0.15, 0.2) is 0 Å². The Morgan fingerprint density at radius 1 is 1.00 bits per heavy atom. The SMILES string of the molecule is O=C(O)[C@H]1CC[C@@H](C(=O)N2CCCC2C2CCC2)O1. The van der Waals surface area contributed by atoms with E-state index in [4.69, 9.17) is 9.84 Å². The van der Waals surface area contributed by atoms with Crippen molar-refractivity contribution in [3.8, 4) is 0 Å². The van der Waals surface area contributed by atoms with Crippen molar-refractivity contribution in [1.29, 1.82) is 0 Å². The van der Waals surface area contributed by atoms with Crippen LogP contribution in [-0.2, 0) is 14.3 Å². The smallest absolute Gasteiger partial charge is 0.332 e. The molecule has 19 heavy (non-hydrogen) atoms. The molecule has 2 saturated heterocycles. The molecule has 1 aliphatic carbocycles. The summed E-state index contributed by atoms with van der Waals surface area (Å²) in [5, 5.41) is 8.92. The zero-order chi connectivity index (χ0) is 13.4. The number of ether oxygens (including phenoxy) is 1. The molecule has 2 aliphatic heterocycles. The molecule has 3 fully saturated rings. The first-order valence-electron chi connectivity index (χ1n) is 7.35. The van der Waals surface area contributed by atoms with Gasteiger partial charge in [-0.25, -0.2) is 4.79 Å². The highest BCUT2D eigenvalue weighted by Gasteiger charge is 2.42. The number of hydrogen-bond donors (Lipinski definition) is 1. The molecule has 5 heteroatoms. The van der Waals surface area contributed by atoms with E-state index < -0.39 is 18.2 Å². The molecule has 0 radical (unpaired) electrons. The van der Waals surface area contributed by atoms with Crippen molar-refractivity contribution in [2.24, 2.45) is 5.92 Å². The number of rotatable bonds is 3. The Balaban J connectivity index is 1.62. The second kappa shape index (κ2) is 5.12. The van der Waals surface area contributed by atoms with Crippen LogP contribution >= 0.6 is 0 Å². The van der Waals surface area contributed by atoms with Crippen molar-refractivity contribution in [2.45, 2.75) is 63.2 Å². The number of nitrogens with zero attached hydrogens (tertiary/aromatic N) is 1. The molecule has 1 saturated carbocycles. The van der Waals surface area contributed by atoms with Gasteiger partial charge in [-0.2, -0.15) is 0 Å². The van der Waals surface area contributed by atoms with Crippen LogP contribution in [0.4, 0.5) is 0 Å². The second-order valence-corrected chi connectivity index (χ2v) is 5.96. The summed E-state index contributed by atoms with van der Waals surface area (Å²) in [4.78, 5) is 25.3. The fraction of sp³-hybridized carbons (Fsp3) is 0.857. The van der Waals surface area contributed by atoms with E-state index >= 15 is 0 Å². The summed E-state index contributed by atoms with van der Waals surface area (Å²) in [6.07, 6.45) is 5.60. The normalized spacial score (nSPS) is 35.4. The third-order valence-corrected chi connectivity index (χ3v) is 4.85. The molecule has 0 aromatic carbocycles. The topological polar surface area (TPSA) is 66.8 Å². The third-order valence-electron chi connectivity index (χ3n) is 4.85. The molecule has 0 aromatic heterocycles. The highest BCUT2D eigenvalue weighted by atomic mass is 16.5. The van der Waals surface area contributed by atoms with Gasteiger partial charge in [0.1, 0.15) is 6.10 Å². The van der Waals surface area contributed by atoms with Gasteiger partial charge in [0.15, 0.2) is 6.10 Å². The van der Waals surface area contributed by atoms with Gasteiger partial charge in [0.2, 0.25) is 0 Å². The minimum Gasteiger partial charge on any atom is -0.479 e. The Kier molecular flexibility index (Phi) is 3.48. The van der Waals surface area contributed by atoms with Crippen LogP contribution in [-0.4, -0.2) is 46.7 Å². The maximum atomic E-state index is 12.5. The number of hydrogen-bond acceptors (Lipinski definition) is 3. The minimum absolute atomic E-state index is 0.0261. The van der Waals surface area contributed by atoms with Gasteiger partial charge in [0, 0.05) is 12.6 Å². The lowest BCUT2D eigenvalue weighted by Gasteiger charge is -2.37. The zero-order valence-corrected chi connectivity index (χ0v) is 11.1. The van der Waals surface area contributed by atoms with Crippen LogP contribution in [0.1, 0.15) is 44.9 Å². The van der Waals surface area contributed by atoms with Crippen molar-refractivity contribution in [3.05, 3.63) is 0 Å². The van der Waals surface area contributed by atoms with Crippen LogP contribution in [0, 0.1) is 5.92 Å². The summed E-state index contributed by atoms with van der Waals surface area (Å²) in [6.45, 7) is 0.817. The quantitative estimate of drug-likeness (QED) is 0.839. The molecule has 3 aliphatic rings. The summed E-state index contributed by atoms with van der Waals surface area (Å²) in [5.74, 6) is -0.256. The molecular weight excluding hydrogens is 246 g/mol. The van der Waals surface area contributed by atoms with Crippen molar-refractivity contribution in [3.63, 3.8) is 0 Å². The molecule has 0 spiro atoms. The fourth-order valence-corrected chi connectivity index (χ4v) is 3.57. The van der Waals surface area contributed by atoms with Gasteiger partial charge in [-0.1, -0.05) is 6.42 Å². The highest BCUT2D eigenvalue weighted by molar-refractivity contribution is 5.83. The number of carbonyl (C=O) groups excluding carboxylic acids is 1. The predicted octanol–water partition coefficient (Wildman–Crippen LogP) is 1.41. The number of carboxylic acid groups (broad SMARTS) is 1. The molecule has 0 aromatic rings. The standard InChI is InChI=1S/C14H21NO4/c16-13(11-6-7-12(19-11)14(17)18)15-8-2-5-10(15)9-3-1-4-9/h9-12H,1-8H2,(H,17,18)/t10?,11-,12+/m0/s1. The lowest BCUT2D eigenvalue weighted by molar-refractivity contribution is -0.155. The Hall–Kier alpha value is -1.10. The molecule has 1 unspecified atom stereocenters. The van der Waals surface area contributed by atoms with Gasteiger partial charge in [0.25, 0.3) is 5.91 Å². The molecule has 5 nitrogen and oxygen atoms in total. The summed E-state index contributed by atoms with van der Waals surface area (Å²) < 4.78 is 5.39. The molecule has 1 amide bonds. The van der Waals surface area contributed by atoms with E-state index in [1.807, 2.05) is 4.90 Å². The monoisotopic (exact) mass is 267 g/mol. The van der Waals surface area contributed by atoms with Gasteiger partial charge in [-0.3, -0.25) is 4.79 Å². The van der Waals surface area contributed by atoms with Crippen molar-refractivity contribution >= 4 is 11.9 Å². The van der Waals surface area contributed by atoms with E-state index in [9.17, 15) is 9.59 Å². The van der Waals surface area contributed by atoms with Gasteiger partial charge in [0.05, 0.1) is 0 Å². The summed E-state index contributed by atoms with van der Waals surface area (Å²) in [6, 6.07) is 0.383. The first-order chi connectivity index (χ1) is 9.16. The van der Waals surface area contributed by atoms with Gasteiger partial charge < -0.3 is 14.7 Å². The Bertz CT molecular complexity index is 380.